The third kappa shape index (κ3) is 4.90. The summed E-state index contributed by atoms with van der Waals surface area (Å²) < 4.78 is 1.60. The average molecular weight is 477 g/mol. The summed E-state index contributed by atoms with van der Waals surface area (Å²) in [6.45, 7) is 5.94. The fourth-order valence-corrected chi connectivity index (χ4v) is 4.98. The molecule has 4 nitrogen and oxygen atoms in total. The van der Waals surface area contributed by atoms with Gasteiger partial charge in [0.1, 0.15) is 0 Å². The first-order valence-electron chi connectivity index (χ1n) is 11.0. The number of hydrogen-bond acceptors (Lipinski definition) is 4. The van der Waals surface area contributed by atoms with E-state index in [1.54, 1.807) is 22.8 Å². The van der Waals surface area contributed by atoms with Crippen LogP contribution in [0.4, 0.5) is 0 Å². The molecule has 168 valence electrons. The second-order valence-electron chi connectivity index (χ2n) is 8.05. The number of rotatable bonds is 7. The number of para-hydroxylation sites is 1. The molecule has 1 atom stereocenters. The number of halogens is 1. The zero-order chi connectivity index (χ0) is 23.5. The highest BCUT2D eigenvalue weighted by Crippen LogP contribution is 2.28. The zero-order valence-corrected chi connectivity index (χ0v) is 20.4. The predicted octanol–water partition coefficient (Wildman–Crippen LogP) is 6.66. The van der Waals surface area contributed by atoms with Crippen LogP contribution in [0.5, 0.6) is 0 Å². The zero-order valence-electron chi connectivity index (χ0n) is 18.8. The topological polar surface area (TPSA) is 52.0 Å². The van der Waals surface area contributed by atoms with Gasteiger partial charge < -0.3 is 0 Å². The van der Waals surface area contributed by atoms with Gasteiger partial charge in [-0.05, 0) is 55.7 Å². The van der Waals surface area contributed by atoms with E-state index in [1.165, 1.54) is 17.3 Å². The molecule has 4 rings (SSSR count). The molecule has 0 aliphatic rings. The number of ketones is 1. The molecule has 1 aromatic heterocycles. The van der Waals surface area contributed by atoms with Gasteiger partial charge in [-0.15, -0.1) is 0 Å². The number of nitrogens with zero attached hydrogens (tertiary/aromatic N) is 2. The van der Waals surface area contributed by atoms with E-state index >= 15 is 0 Å². The molecule has 4 aromatic rings. The quantitative estimate of drug-likeness (QED) is 0.170. The van der Waals surface area contributed by atoms with Crippen molar-refractivity contribution in [1.82, 2.24) is 9.55 Å². The lowest BCUT2D eigenvalue weighted by Gasteiger charge is -2.17. The SMILES string of the molecule is CCCc1ccc(C(=O)[C@H](C)Sc2nc3cc(Cl)ccc3c(=O)n2-c2ccccc2C)cc1. The van der Waals surface area contributed by atoms with Crippen LogP contribution in [0.3, 0.4) is 0 Å². The summed E-state index contributed by atoms with van der Waals surface area (Å²) in [7, 11) is 0. The number of Topliss-reactive ketones (excluding diaryl/α,β-unsaturated/α-hetero) is 1. The summed E-state index contributed by atoms with van der Waals surface area (Å²) in [5.41, 5.74) is 3.90. The summed E-state index contributed by atoms with van der Waals surface area (Å²) in [5, 5.41) is 1.03. The molecule has 3 aromatic carbocycles. The Kier molecular flexibility index (Phi) is 7.01. The van der Waals surface area contributed by atoms with Crippen LogP contribution in [0.25, 0.3) is 16.6 Å². The number of aryl methyl sites for hydroxylation is 2. The Morgan fingerprint density at radius 1 is 1.09 bits per heavy atom. The molecule has 0 N–H and O–H groups in total. The van der Waals surface area contributed by atoms with Crippen molar-refractivity contribution in [3.05, 3.63) is 98.8 Å². The minimum atomic E-state index is -0.430. The Labute approximate surface area is 202 Å². The largest absolute Gasteiger partial charge is 0.293 e. The Hall–Kier alpha value is -2.89. The van der Waals surface area contributed by atoms with Crippen LogP contribution in [-0.2, 0) is 6.42 Å². The molecule has 0 spiro atoms. The lowest BCUT2D eigenvalue weighted by Crippen LogP contribution is -2.24. The second kappa shape index (κ2) is 9.94. The predicted molar refractivity (Wildman–Crippen MR) is 137 cm³/mol. The molecule has 0 aliphatic carbocycles. The van der Waals surface area contributed by atoms with Crippen LogP contribution in [0.15, 0.2) is 76.7 Å². The Bertz CT molecular complexity index is 1380. The van der Waals surface area contributed by atoms with Crippen LogP contribution >= 0.6 is 23.4 Å². The number of benzene rings is 3. The summed E-state index contributed by atoms with van der Waals surface area (Å²) in [6, 6.07) is 20.5. The van der Waals surface area contributed by atoms with E-state index in [-0.39, 0.29) is 11.3 Å². The number of hydrogen-bond donors (Lipinski definition) is 0. The standard InChI is InChI=1S/C27H25ClN2O2S/c1-4-7-19-10-12-20(13-11-19)25(31)18(3)33-27-29-23-16-21(28)14-15-22(23)26(32)30(27)24-9-6-5-8-17(24)2/h5-6,8-16,18H,4,7H2,1-3H3/t18-/m0/s1. The number of carbonyl (C=O) groups is 1. The van der Waals surface area contributed by atoms with Crippen molar-refractivity contribution >= 4 is 40.0 Å². The van der Waals surface area contributed by atoms with Gasteiger partial charge in [-0.3, -0.25) is 14.2 Å². The van der Waals surface area contributed by atoms with Crippen molar-refractivity contribution in [3.8, 4) is 5.69 Å². The third-order valence-electron chi connectivity index (χ3n) is 5.59. The minimum absolute atomic E-state index is 0.000165. The van der Waals surface area contributed by atoms with E-state index < -0.39 is 5.25 Å². The van der Waals surface area contributed by atoms with E-state index in [1.807, 2.05) is 62.4 Å². The van der Waals surface area contributed by atoms with E-state index in [2.05, 4.69) is 6.92 Å². The molecule has 0 saturated heterocycles. The first-order valence-corrected chi connectivity index (χ1v) is 12.2. The molecular formula is C27H25ClN2O2S. The highest BCUT2D eigenvalue weighted by Gasteiger charge is 2.22. The maximum atomic E-state index is 13.5. The van der Waals surface area contributed by atoms with Gasteiger partial charge in [0.25, 0.3) is 5.56 Å². The van der Waals surface area contributed by atoms with Gasteiger partial charge in [0, 0.05) is 10.6 Å². The van der Waals surface area contributed by atoms with Crippen molar-refractivity contribution in [2.75, 3.05) is 0 Å². The lowest BCUT2D eigenvalue weighted by atomic mass is 10.0. The van der Waals surface area contributed by atoms with Crippen LogP contribution in [-0.4, -0.2) is 20.6 Å². The highest BCUT2D eigenvalue weighted by atomic mass is 35.5. The maximum absolute atomic E-state index is 13.5. The molecule has 0 bridgehead atoms. The van der Waals surface area contributed by atoms with Gasteiger partial charge in [0.05, 0.1) is 21.8 Å². The first kappa shape index (κ1) is 23.3. The summed E-state index contributed by atoms with van der Waals surface area (Å²) in [4.78, 5) is 31.5. The van der Waals surface area contributed by atoms with Gasteiger partial charge in [-0.2, -0.15) is 0 Å². The molecule has 0 unspecified atom stereocenters. The lowest BCUT2D eigenvalue weighted by molar-refractivity contribution is 0.0994. The fraction of sp³-hybridized carbons (Fsp3) is 0.222. The molecule has 0 radical (unpaired) electrons. The molecule has 0 saturated carbocycles. The van der Waals surface area contributed by atoms with Gasteiger partial charge >= 0.3 is 0 Å². The van der Waals surface area contributed by atoms with Crippen molar-refractivity contribution in [1.29, 1.82) is 0 Å². The van der Waals surface area contributed by atoms with Crippen LogP contribution < -0.4 is 5.56 Å². The highest BCUT2D eigenvalue weighted by molar-refractivity contribution is 8.00. The summed E-state index contributed by atoms with van der Waals surface area (Å²) in [5.74, 6) is -0.000165. The monoisotopic (exact) mass is 476 g/mol. The number of fused-ring (bicyclic) bond motifs is 1. The molecule has 0 amide bonds. The van der Waals surface area contributed by atoms with E-state index in [0.717, 1.165) is 24.1 Å². The Balaban J connectivity index is 1.77. The molecule has 0 aliphatic heterocycles. The van der Waals surface area contributed by atoms with Gasteiger partial charge in [0.15, 0.2) is 10.9 Å². The van der Waals surface area contributed by atoms with Crippen molar-refractivity contribution < 1.29 is 4.79 Å². The Morgan fingerprint density at radius 3 is 2.52 bits per heavy atom. The van der Waals surface area contributed by atoms with E-state index in [4.69, 9.17) is 16.6 Å². The summed E-state index contributed by atoms with van der Waals surface area (Å²) >= 11 is 7.45. The Morgan fingerprint density at radius 2 is 1.82 bits per heavy atom. The number of aromatic nitrogens is 2. The van der Waals surface area contributed by atoms with Crippen LogP contribution in [0.2, 0.25) is 5.02 Å². The van der Waals surface area contributed by atoms with Gasteiger partial charge in [-0.1, -0.05) is 79.2 Å². The average Bonchev–Trinajstić information content (AvgIpc) is 2.80. The summed E-state index contributed by atoms with van der Waals surface area (Å²) in [6.07, 6.45) is 2.05. The molecule has 1 heterocycles. The van der Waals surface area contributed by atoms with Gasteiger partial charge in [0.2, 0.25) is 0 Å². The van der Waals surface area contributed by atoms with Crippen molar-refractivity contribution in [2.24, 2.45) is 0 Å². The van der Waals surface area contributed by atoms with E-state index in [9.17, 15) is 9.59 Å². The van der Waals surface area contributed by atoms with Crippen molar-refractivity contribution in [2.45, 2.75) is 44.0 Å². The number of thioether (sulfide) groups is 1. The molecular weight excluding hydrogens is 452 g/mol. The van der Waals surface area contributed by atoms with Crippen LogP contribution in [0, 0.1) is 6.92 Å². The second-order valence-corrected chi connectivity index (χ2v) is 9.80. The molecule has 0 fully saturated rings. The number of carbonyl (C=O) groups excluding carboxylic acids is 1. The fourth-order valence-electron chi connectivity index (χ4n) is 3.82. The van der Waals surface area contributed by atoms with Crippen LogP contribution in [0.1, 0.15) is 41.8 Å². The smallest absolute Gasteiger partial charge is 0.266 e. The molecule has 6 heteroatoms. The van der Waals surface area contributed by atoms with Crippen molar-refractivity contribution in [3.63, 3.8) is 0 Å². The maximum Gasteiger partial charge on any atom is 0.266 e. The van der Waals surface area contributed by atoms with Gasteiger partial charge in [-0.25, -0.2) is 4.98 Å². The molecule has 33 heavy (non-hydrogen) atoms. The minimum Gasteiger partial charge on any atom is -0.293 e. The third-order valence-corrected chi connectivity index (χ3v) is 6.87. The normalized spacial score (nSPS) is 12.1. The van der Waals surface area contributed by atoms with E-state index in [0.29, 0.717) is 26.6 Å². The first-order chi connectivity index (χ1) is 15.9.